The lowest BCUT2D eigenvalue weighted by Crippen LogP contribution is -2.43. The van der Waals surface area contributed by atoms with Gasteiger partial charge in [-0.2, -0.15) is 18.4 Å². The zero-order chi connectivity index (χ0) is 15.5. The van der Waals surface area contributed by atoms with Gasteiger partial charge in [-0.05, 0) is 25.2 Å². The normalized spacial score (nSPS) is 20.0. The van der Waals surface area contributed by atoms with Crippen molar-refractivity contribution in [2.75, 3.05) is 38.6 Å². The molecule has 114 valence electrons. The van der Waals surface area contributed by atoms with E-state index in [2.05, 4.69) is 10.2 Å². The topological polar surface area (TPSA) is 48.3 Å². The number of benzene rings is 1. The van der Waals surface area contributed by atoms with E-state index < -0.39 is 11.7 Å². The van der Waals surface area contributed by atoms with Crippen molar-refractivity contribution in [2.45, 2.75) is 12.3 Å². The average Bonchev–Trinajstić information content (AvgIpc) is 2.44. The molecule has 0 radical (unpaired) electrons. The number of nitriles is 1. The summed E-state index contributed by atoms with van der Waals surface area (Å²) in [6, 6.07) is 4.90. The second kappa shape index (κ2) is 6.33. The molecule has 1 atom stereocenters. The Morgan fingerprint density at radius 3 is 2.86 bits per heavy atom. The maximum Gasteiger partial charge on any atom is 0.416 e. The molecule has 0 spiro atoms. The number of rotatable bonds is 3. The molecule has 0 bridgehead atoms. The van der Waals surface area contributed by atoms with E-state index >= 15 is 0 Å². The molecule has 7 heteroatoms. The third kappa shape index (κ3) is 4.09. The Kier molecular flexibility index (Phi) is 4.70. The molecule has 0 saturated carbocycles. The third-order valence-electron chi connectivity index (χ3n) is 3.33. The molecular weight excluding hydrogens is 283 g/mol. The lowest BCUT2D eigenvalue weighted by atomic mass is 10.1. The Balaban J connectivity index is 2.05. The molecule has 1 N–H and O–H groups in total. The Morgan fingerprint density at radius 2 is 2.24 bits per heavy atom. The molecule has 4 nitrogen and oxygen atoms in total. The minimum absolute atomic E-state index is 0.0195. The first kappa shape index (κ1) is 15.6. The molecule has 21 heavy (non-hydrogen) atoms. The van der Waals surface area contributed by atoms with Crippen molar-refractivity contribution in [3.8, 4) is 6.07 Å². The van der Waals surface area contributed by atoms with Gasteiger partial charge in [-0.3, -0.25) is 0 Å². The summed E-state index contributed by atoms with van der Waals surface area (Å²) in [4.78, 5) is 2.12. The molecule has 1 saturated heterocycles. The van der Waals surface area contributed by atoms with E-state index in [0.29, 0.717) is 18.8 Å². The fourth-order valence-corrected chi connectivity index (χ4v) is 2.18. The van der Waals surface area contributed by atoms with Gasteiger partial charge in [-0.1, -0.05) is 0 Å². The van der Waals surface area contributed by atoms with Crippen molar-refractivity contribution in [1.29, 1.82) is 5.26 Å². The van der Waals surface area contributed by atoms with Gasteiger partial charge in [0.1, 0.15) is 6.07 Å². The highest BCUT2D eigenvalue weighted by Crippen LogP contribution is 2.31. The highest BCUT2D eigenvalue weighted by molar-refractivity contribution is 5.59. The third-order valence-corrected chi connectivity index (χ3v) is 3.33. The lowest BCUT2D eigenvalue weighted by Gasteiger charge is -2.30. The van der Waals surface area contributed by atoms with Crippen molar-refractivity contribution >= 4 is 5.69 Å². The summed E-state index contributed by atoms with van der Waals surface area (Å²) in [5, 5.41) is 12.0. The standard InChI is InChI=1S/C14H16F3N3O/c1-20-4-5-21-12(9-20)8-19-13-3-2-11(14(15,16)17)6-10(13)7-18/h2-3,6,12,19H,4-5,8-9H2,1H3. The number of ether oxygens (including phenoxy) is 1. The van der Waals surface area contributed by atoms with E-state index in [1.54, 1.807) is 6.07 Å². The molecule has 1 aliphatic rings. The van der Waals surface area contributed by atoms with E-state index in [1.165, 1.54) is 6.07 Å². The molecule has 1 fully saturated rings. The number of alkyl halides is 3. The van der Waals surface area contributed by atoms with Crippen LogP contribution < -0.4 is 5.32 Å². The Hall–Kier alpha value is -1.78. The van der Waals surface area contributed by atoms with E-state index in [4.69, 9.17) is 10.00 Å². The first-order chi connectivity index (χ1) is 9.90. The van der Waals surface area contributed by atoms with Gasteiger partial charge >= 0.3 is 6.18 Å². The van der Waals surface area contributed by atoms with Crippen molar-refractivity contribution in [3.63, 3.8) is 0 Å². The van der Waals surface area contributed by atoms with Gasteiger partial charge in [0.15, 0.2) is 0 Å². The molecule has 0 aromatic heterocycles. The maximum atomic E-state index is 12.6. The predicted octanol–water partition coefficient (Wildman–Crippen LogP) is 2.32. The van der Waals surface area contributed by atoms with E-state index in [1.807, 2.05) is 7.05 Å². The fourth-order valence-electron chi connectivity index (χ4n) is 2.18. The SMILES string of the molecule is CN1CCOC(CNc2ccc(C(F)(F)F)cc2C#N)C1. The Morgan fingerprint density at radius 1 is 1.48 bits per heavy atom. The molecule has 1 unspecified atom stereocenters. The minimum atomic E-state index is -4.45. The van der Waals surface area contributed by atoms with Crippen molar-refractivity contribution in [1.82, 2.24) is 4.90 Å². The number of anilines is 1. The van der Waals surface area contributed by atoms with Gasteiger partial charge in [0.05, 0.1) is 29.5 Å². The summed E-state index contributed by atoms with van der Waals surface area (Å²) in [5.41, 5.74) is -0.449. The minimum Gasteiger partial charge on any atom is -0.381 e. The second-order valence-corrected chi connectivity index (χ2v) is 5.01. The van der Waals surface area contributed by atoms with Crippen LogP contribution in [0.15, 0.2) is 18.2 Å². The van der Waals surface area contributed by atoms with Gasteiger partial charge in [-0.15, -0.1) is 0 Å². The Labute approximate surface area is 121 Å². The molecule has 1 aliphatic heterocycles. The molecular formula is C14H16F3N3O. The highest BCUT2D eigenvalue weighted by Gasteiger charge is 2.31. The highest BCUT2D eigenvalue weighted by atomic mass is 19.4. The van der Waals surface area contributed by atoms with E-state index in [9.17, 15) is 13.2 Å². The van der Waals surface area contributed by atoms with Gasteiger partial charge in [0.2, 0.25) is 0 Å². The van der Waals surface area contributed by atoms with Crippen molar-refractivity contribution in [2.24, 2.45) is 0 Å². The number of hydrogen-bond acceptors (Lipinski definition) is 4. The molecule has 1 heterocycles. The second-order valence-electron chi connectivity index (χ2n) is 5.01. The quantitative estimate of drug-likeness (QED) is 0.930. The molecule has 1 aromatic carbocycles. The summed E-state index contributed by atoms with van der Waals surface area (Å²) in [6.45, 7) is 2.68. The zero-order valence-electron chi connectivity index (χ0n) is 11.6. The van der Waals surface area contributed by atoms with Crippen LogP contribution >= 0.6 is 0 Å². The predicted molar refractivity (Wildman–Crippen MR) is 71.9 cm³/mol. The van der Waals surface area contributed by atoms with Crippen LogP contribution in [-0.2, 0) is 10.9 Å². The molecule has 2 rings (SSSR count). The summed E-state index contributed by atoms with van der Waals surface area (Å²) in [6.07, 6.45) is -4.49. The van der Waals surface area contributed by atoms with Gasteiger partial charge in [0.25, 0.3) is 0 Å². The molecule has 1 aromatic rings. The number of likely N-dealkylation sites (N-methyl/N-ethyl adjacent to an activating group) is 1. The summed E-state index contributed by atoms with van der Waals surface area (Å²) in [7, 11) is 1.98. The maximum absolute atomic E-state index is 12.6. The van der Waals surface area contributed by atoms with Crippen LogP contribution in [0.1, 0.15) is 11.1 Å². The smallest absolute Gasteiger partial charge is 0.381 e. The summed E-state index contributed by atoms with van der Waals surface area (Å²) < 4.78 is 43.4. The number of nitrogens with zero attached hydrogens (tertiary/aromatic N) is 2. The summed E-state index contributed by atoms with van der Waals surface area (Å²) >= 11 is 0. The van der Waals surface area contributed by atoms with E-state index in [0.717, 1.165) is 25.2 Å². The number of hydrogen-bond donors (Lipinski definition) is 1. The zero-order valence-corrected chi connectivity index (χ0v) is 11.6. The van der Waals surface area contributed by atoms with Crippen molar-refractivity contribution < 1.29 is 17.9 Å². The van der Waals surface area contributed by atoms with Crippen LogP contribution in [0.5, 0.6) is 0 Å². The Bertz CT molecular complexity index is 539. The van der Waals surface area contributed by atoms with Crippen LogP contribution in [0.25, 0.3) is 0 Å². The summed E-state index contributed by atoms with van der Waals surface area (Å²) in [5.74, 6) is 0. The monoisotopic (exact) mass is 299 g/mol. The van der Waals surface area contributed by atoms with Crippen molar-refractivity contribution in [3.05, 3.63) is 29.3 Å². The molecule has 0 aliphatic carbocycles. The largest absolute Gasteiger partial charge is 0.416 e. The van der Waals surface area contributed by atoms with Crippen LogP contribution in [-0.4, -0.2) is 44.3 Å². The van der Waals surface area contributed by atoms with Gasteiger partial charge < -0.3 is 15.0 Å². The number of nitrogens with one attached hydrogen (secondary N) is 1. The van der Waals surface area contributed by atoms with Gasteiger partial charge in [-0.25, -0.2) is 0 Å². The number of halogens is 3. The molecule has 0 amide bonds. The van der Waals surface area contributed by atoms with Crippen LogP contribution in [0, 0.1) is 11.3 Å². The number of morpholine rings is 1. The van der Waals surface area contributed by atoms with Crippen LogP contribution in [0.4, 0.5) is 18.9 Å². The van der Waals surface area contributed by atoms with E-state index in [-0.39, 0.29) is 11.7 Å². The first-order valence-corrected chi connectivity index (χ1v) is 6.55. The fraction of sp³-hybridized carbons (Fsp3) is 0.500. The first-order valence-electron chi connectivity index (χ1n) is 6.55. The van der Waals surface area contributed by atoms with Crippen LogP contribution in [0.2, 0.25) is 0 Å². The van der Waals surface area contributed by atoms with Crippen LogP contribution in [0.3, 0.4) is 0 Å². The average molecular weight is 299 g/mol. The van der Waals surface area contributed by atoms with Gasteiger partial charge in [0, 0.05) is 19.6 Å². The lowest BCUT2D eigenvalue weighted by molar-refractivity contribution is -0.137.